The van der Waals surface area contributed by atoms with Crippen molar-refractivity contribution in [1.82, 2.24) is 4.90 Å². The maximum absolute atomic E-state index is 12.9. The molecule has 0 saturated carbocycles. The number of thioether (sulfide) groups is 1. The number of methoxy groups -OCH3 is 1. The van der Waals surface area contributed by atoms with Crippen LogP contribution in [0.5, 0.6) is 11.5 Å². The summed E-state index contributed by atoms with van der Waals surface area (Å²) >= 11 is 1.21. The second kappa shape index (κ2) is 10.2. The van der Waals surface area contributed by atoms with Gasteiger partial charge in [0, 0.05) is 5.70 Å². The maximum Gasteiger partial charge on any atom is 0.338 e. The van der Waals surface area contributed by atoms with E-state index in [1.165, 1.54) is 35.9 Å². The van der Waals surface area contributed by atoms with Crippen molar-refractivity contribution in [2.24, 2.45) is 4.99 Å². The molecular formula is C24H23N3O7S. The molecule has 0 N–H and O–H groups in total. The highest BCUT2D eigenvalue weighted by Gasteiger charge is 2.42. The van der Waals surface area contributed by atoms with Gasteiger partial charge in [-0.2, -0.15) is 0 Å². The molecule has 0 spiro atoms. The molecule has 2 aromatic carbocycles. The molecule has 2 aliphatic heterocycles. The Morgan fingerprint density at radius 3 is 2.66 bits per heavy atom. The van der Waals surface area contributed by atoms with Gasteiger partial charge < -0.3 is 14.2 Å². The molecule has 0 bridgehead atoms. The van der Waals surface area contributed by atoms with Crippen LogP contribution in [-0.4, -0.2) is 46.3 Å². The standard InChI is InChI=1S/C24H23N3O7S/c1-4-33-23(29)21-14(2)26-20(28)13-35-24(26)25-22(21)16-10-18(32-3)19(11-17(16)27(30)31)34-12-15-8-6-5-7-9-15/h5-11,22H,4,12-13H2,1-3H3/t22-/m1/s1. The van der Waals surface area contributed by atoms with Crippen molar-refractivity contribution in [1.29, 1.82) is 0 Å². The molecule has 2 aromatic rings. The average Bonchev–Trinajstić information content (AvgIpc) is 3.23. The molecule has 2 heterocycles. The highest BCUT2D eigenvalue weighted by Crippen LogP contribution is 2.45. The van der Waals surface area contributed by atoms with Gasteiger partial charge in [-0.3, -0.25) is 19.8 Å². The Morgan fingerprint density at radius 2 is 2.00 bits per heavy atom. The zero-order valence-electron chi connectivity index (χ0n) is 19.3. The fraction of sp³-hybridized carbons (Fsp3) is 0.292. The summed E-state index contributed by atoms with van der Waals surface area (Å²) < 4.78 is 16.5. The predicted molar refractivity (Wildman–Crippen MR) is 129 cm³/mol. The smallest absolute Gasteiger partial charge is 0.338 e. The Kier molecular flexibility index (Phi) is 7.06. The summed E-state index contributed by atoms with van der Waals surface area (Å²) in [6.07, 6.45) is 0. The molecule has 35 heavy (non-hydrogen) atoms. The van der Waals surface area contributed by atoms with E-state index >= 15 is 0 Å². The average molecular weight is 498 g/mol. The summed E-state index contributed by atoms with van der Waals surface area (Å²) in [4.78, 5) is 42.8. The van der Waals surface area contributed by atoms with Crippen LogP contribution >= 0.6 is 11.8 Å². The third-order valence-electron chi connectivity index (χ3n) is 5.54. The van der Waals surface area contributed by atoms with Gasteiger partial charge in [0.2, 0.25) is 5.91 Å². The number of fused-ring (bicyclic) bond motifs is 1. The van der Waals surface area contributed by atoms with E-state index in [1.54, 1.807) is 13.8 Å². The number of carbonyl (C=O) groups excluding carboxylic acids is 2. The number of hydrogen-bond donors (Lipinski definition) is 0. The SMILES string of the molecule is CCOC(=O)C1=C(C)N2C(=O)CSC2=N[C@@H]1c1cc(OC)c(OCc2ccccc2)cc1[N+](=O)[O-]. The number of benzene rings is 2. The minimum Gasteiger partial charge on any atom is -0.493 e. The topological polar surface area (TPSA) is 121 Å². The number of esters is 1. The minimum atomic E-state index is -1.06. The minimum absolute atomic E-state index is 0.0644. The summed E-state index contributed by atoms with van der Waals surface area (Å²) in [7, 11) is 1.42. The Labute approximate surface area is 205 Å². The first-order chi connectivity index (χ1) is 16.8. The molecule has 1 fully saturated rings. The van der Waals surface area contributed by atoms with Crippen LogP contribution in [-0.2, 0) is 20.9 Å². The van der Waals surface area contributed by atoms with Gasteiger partial charge in [0.15, 0.2) is 16.7 Å². The van der Waals surface area contributed by atoms with Crippen molar-refractivity contribution < 1.29 is 28.7 Å². The fourth-order valence-electron chi connectivity index (χ4n) is 3.92. The lowest BCUT2D eigenvalue weighted by atomic mass is 9.94. The molecule has 0 radical (unpaired) electrons. The third kappa shape index (κ3) is 4.72. The lowest BCUT2D eigenvalue weighted by molar-refractivity contribution is -0.385. The van der Waals surface area contributed by atoms with E-state index < -0.39 is 16.9 Å². The molecule has 1 saturated heterocycles. The monoisotopic (exact) mass is 497 g/mol. The van der Waals surface area contributed by atoms with E-state index in [2.05, 4.69) is 4.99 Å². The number of amides is 1. The third-order valence-corrected chi connectivity index (χ3v) is 6.48. The molecule has 1 amide bonds. The van der Waals surface area contributed by atoms with Crippen LogP contribution in [0.3, 0.4) is 0 Å². The van der Waals surface area contributed by atoms with E-state index in [0.717, 1.165) is 5.56 Å². The normalized spacial score (nSPS) is 17.1. The van der Waals surface area contributed by atoms with Crippen molar-refractivity contribution in [3.63, 3.8) is 0 Å². The number of ether oxygens (including phenoxy) is 3. The zero-order chi connectivity index (χ0) is 25.1. The second-order valence-corrected chi connectivity index (χ2v) is 8.59. The number of hydrogen-bond acceptors (Lipinski definition) is 9. The van der Waals surface area contributed by atoms with Crippen LogP contribution in [0.1, 0.15) is 31.0 Å². The van der Waals surface area contributed by atoms with Gasteiger partial charge in [-0.25, -0.2) is 9.79 Å². The van der Waals surface area contributed by atoms with Crippen LogP contribution in [0.2, 0.25) is 0 Å². The highest BCUT2D eigenvalue weighted by atomic mass is 32.2. The molecule has 182 valence electrons. The summed E-state index contributed by atoms with van der Waals surface area (Å²) in [5, 5.41) is 12.5. The molecule has 11 heteroatoms. The van der Waals surface area contributed by atoms with Gasteiger partial charge in [-0.15, -0.1) is 0 Å². The molecule has 10 nitrogen and oxygen atoms in total. The van der Waals surface area contributed by atoms with Crippen LogP contribution < -0.4 is 9.47 Å². The largest absolute Gasteiger partial charge is 0.493 e. The first kappa shape index (κ1) is 24.3. The Balaban J connectivity index is 1.81. The molecule has 1 atom stereocenters. The number of nitro benzene ring substituents is 1. The van der Waals surface area contributed by atoms with Crippen LogP contribution in [0.4, 0.5) is 5.69 Å². The second-order valence-electron chi connectivity index (χ2n) is 7.64. The summed E-state index contributed by atoms with van der Waals surface area (Å²) in [6.45, 7) is 3.54. The zero-order valence-corrected chi connectivity index (χ0v) is 20.2. The van der Waals surface area contributed by atoms with Gasteiger partial charge in [0.05, 0.1) is 41.6 Å². The van der Waals surface area contributed by atoms with Gasteiger partial charge >= 0.3 is 5.97 Å². The molecule has 2 aliphatic rings. The number of aliphatic imine (C=N–C) groups is 1. The van der Waals surface area contributed by atoms with E-state index in [-0.39, 0.29) is 53.2 Å². The van der Waals surface area contributed by atoms with Gasteiger partial charge in [-0.05, 0) is 25.5 Å². The first-order valence-electron chi connectivity index (χ1n) is 10.8. The summed E-state index contributed by atoms with van der Waals surface area (Å²) in [5.41, 5.74) is 1.13. The Hall–Kier alpha value is -3.86. The fourth-order valence-corrected chi connectivity index (χ4v) is 4.85. The molecule has 4 rings (SSSR count). The number of nitro groups is 1. The molecule has 0 aliphatic carbocycles. The summed E-state index contributed by atoms with van der Waals surface area (Å²) in [6, 6.07) is 11.0. The van der Waals surface area contributed by atoms with Crippen LogP contribution in [0, 0.1) is 10.1 Å². The van der Waals surface area contributed by atoms with Gasteiger partial charge in [0.1, 0.15) is 12.6 Å². The number of nitrogens with zero attached hydrogens (tertiary/aromatic N) is 3. The number of rotatable bonds is 8. The van der Waals surface area contributed by atoms with Crippen molar-refractivity contribution in [3.8, 4) is 11.5 Å². The van der Waals surface area contributed by atoms with Crippen LogP contribution in [0.25, 0.3) is 0 Å². The number of allylic oxidation sites excluding steroid dienone is 1. The van der Waals surface area contributed by atoms with Crippen molar-refractivity contribution in [3.05, 3.63) is 75.0 Å². The van der Waals surface area contributed by atoms with Crippen molar-refractivity contribution in [2.75, 3.05) is 19.5 Å². The summed E-state index contributed by atoms with van der Waals surface area (Å²) in [5.74, 6) is -0.319. The lowest BCUT2D eigenvalue weighted by Crippen LogP contribution is -2.35. The van der Waals surface area contributed by atoms with E-state index in [4.69, 9.17) is 14.2 Å². The van der Waals surface area contributed by atoms with E-state index in [1.807, 2.05) is 30.3 Å². The molecule has 0 unspecified atom stereocenters. The van der Waals surface area contributed by atoms with Crippen molar-refractivity contribution in [2.45, 2.75) is 26.5 Å². The highest BCUT2D eigenvalue weighted by molar-refractivity contribution is 8.15. The van der Waals surface area contributed by atoms with E-state index in [0.29, 0.717) is 10.9 Å². The first-order valence-corrected chi connectivity index (χ1v) is 11.8. The lowest BCUT2D eigenvalue weighted by Gasteiger charge is -2.29. The van der Waals surface area contributed by atoms with E-state index in [9.17, 15) is 19.7 Å². The maximum atomic E-state index is 12.9. The molecule has 0 aromatic heterocycles. The quantitative estimate of drug-likeness (QED) is 0.305. The van der Waals surface area contributed by atoms with Crippen LogP contribution in [0.15, 0.2) is 58.7 Å². The van der Waals surface area contributed by atoms with Gasteiger partial charge in [-0.1, -0.05) is 42.1 Å². The molecular weight excluding hydrogens is 474 g/mol. The van der Waals surface area contributed by atoms with Gasteiger partial charge in [0.25, 0.3) is 5.69 Å². The number of carbonyl (C=O) groups is 2. The Morgan fingerprint density at radius 1 is 1.26 bits per heavy atom. The van der Waals surface area contributed by atoms with Crippen molar-refractivity contribution >= 4 is 34.5 Å². The predicted octanol–water partition coefficient (Wildman–Crippen LogP) is 4.01. The Bertz CT molecular complexity index is 1240. The number of amidine groups is 1.